The number of nitrogens with zero attached hydrogens (tertiary/aromatic N) is 2. The molecule has 0 fully saturated rings. The Labute approximate surface area is 133 Å². The molecule has 2 aromatic heterocycles. The molecule has 0 spiro atoms. The van der Waals surface area contributed by atoms with Crippen molar-refractivity contribution in [2.75, 3.05) is 6.61 Å². The number of aromatic amines is 2. The third-order valence-corrected chi connectivity index (χ3v) is 3.44. The highest BCUT2D eigenvalue weighted by molar-refractivity contribution is 5.88. The summed E-state index contributed by atoms with van der Waals surface area (Å²) in [5.74, 6) is -0.415. The Morgan fingerprint density at radius 1 is 1.13 bits per heavy atom. The van der Waals surface area contributed by atoms with E-state index in [1.54, 1.807) is 13.0 Å². The molecule has 6 heteroatoms. The molecule has 0 amide bonds. The van der Waals surface area contributed by atoms with Crippen molar-refractivity contribution in [2.45, 2.75) is 20.3 Å². The molecular formula is C17H18N4O2. The van der Waals surface area contributed by atoms with E-state index >= 15 is 0 Å². The maximum absolute atomic E-state index is 11.6. The first-order valence-corrected chi connectivity index (χ1v) is 7.48. The lowest BCUT2D eigenvalue weighted by Crippen LogP contribution is -2.04. The van der Waals surface area contributed by atoms with E-state index in [1.807, 2.05) is 12.1 Å². The molecule has 118 valence electrons. The van der Waals surface area contributed by atoms with Crippen molar-refractivity contribution < 1.29 is 9.53 Å². The standard InChI is InChI=1S/C17H18N4O2/c1-3-23-17(22)16-10-15(20-21-16)14-9-13(18-19-14)8-12-6-4-5-11(2)7-12/h4-7,9-10H,3,8H2,1-2H3,(H,18,19)(H,20,21). The van der Waals surface area contributed by atoms with E-state index in [0.717, 1.165) is 12.1 Å². The topological polar surface area (TPSA) is 83.7 Å². The zero-order valence-electron chi connectivity index (χ0n) is 13.1. The van der Waals surface area contributed by atoms with Gasteiger partial charge in [-0.3, -0.25) is 10.2 Å². The average molecular weight is 310 g/mol. The number of hydrogen-bond donors (Lipinski definition) is 2. The second-order valence-electron chi connectivity index (χ2n) is 5.33. The number of H-pyrrole nitrogens is 2. The van der Waals surface area contributed by atoms with Gasteiger partial charge in [-0.25, -0.2) is 4.79 Å². The highest BCUT2D eigenvalue weighted by Crippen LogP contribution is 2.18. The van der Waals surface area contributed by atoms with Crippen molar-refractivity contribution in [3.8, 4) is 11.4 Å². The number of rotatable bonds is 5. The lowest BCUT2D eigenvalue weighted by Gasteiger charge is -1.99. The number of carbonyl (C=O) groups excluding carboxylic acids is 1. The number of ether oxygens (including phenoxy) is 1. The van der Waals surface area contributed by atoms with Gasteiger partial charge in [-0.2, -0.15) is 10.2 Å². The molecule has 2 heterocycles. The molecule has 2 N–H and O–H groups in total. The van der Waals surface area contributed by atoms with E-state index in [0.29, 0.717) is 23.7 Å². The van der Waals surface area contributed by atoms with Crippen LogP contribution in [0.15, 0.2) is 36.4 Å². The van der Waals surface area contributed by atoms with Crippen LogP contribution in [-0.4, -0.2) is 33.0 Å². The molecule has 0 aliphatic carbocycles. The Morgan fingerprint density at radius 2 is 1.91 bits per heavy atom. The molecule has 1 aromatic carbocycles. The number of aromatic nitrogens is 4. The molecule has 0 saturated heterocycles. The van der Waals surface area contributed by atoms with Crippen molar-refractivity contribution in [1.82, 2.24) is 20.4 Å². The van der Waals surface area contributed by atoms with Crippen molar-refractivity contribution >= 4 is 5.97 Å². The fraction of sp³-hybridized carbons (Fsp3) is 0.235. The van der Waals surface area contributed by atoms with Gasteiger partial charge in [-0.05, 0) is 25.5 Å². The third-order valence-electron chi connectivity index (χ3n) is 3.44. The van der Waals surface area contributed by atoms with Crippen LogP contribution in [0.1, 0.15) is 34.2 Å². The Bertz CT molecular complexity index is 819. The van der Waals surface area contributed by atoms with Crippen LogP contribution >= 0.6 is 0 Å². The fourth-order valence-electron chi connectivity index (χ4n) is 2.39. The predicted octanol–water partition coefficient (Wildman–Crippen LogP) is 2.88. The lowest BCUT2D eigenvalue weighted by molar-refractivity contribution is 0.0519. The van der Waals surface area contributed by atoms with Gasteiger partial charge in [0, 0.05) is 18.2 Å². The Kier molecular flexibility index (Phi) is 4.23. The third kappa shape index (κ3) is 3.48. The maximum Gasteiger partial charge on any atom is 0.356 e. The molecule has 0 bridgehead atoms. The summed E-state index contributed by atoms with van der Waals surface area (Å²) in [4.78, 5) is 11.6. The molecule has 0 unspecified atom stereocenters. The molecular weight excluding hydrogens is 292 g/mol. The summed E-state index contributed by atoms with van der Waals surface area (Å²) < 4.78 is 4.93. The number of hydrogen-bond acceptors (Lipinski definition) is 4. The monoisotopic (exact) mass is 310 g/mol. The summed E-state index contributed by atoms with van der Waals surface area (Å²) in [5, 5.41) is 14.1. The molecule has 0 saturated carbocycles. The van der Waals surface area contributed by atoms with Gasteiger partial charge >= 0.3 is 5.97 Å². The molecule has 0 aliphatic rings. The number of carbonyl (C=O) groups is 1. The van der Waals surface area contributed by atoms with Crippen molar-refractivity contribution in [3.05, 3.63) is 58.9 Å². The van der Waals surface area contributed by atoms with Gasteiger partial charge in [0.15, 0.2) is 0 Å². The van der Waals surface area contributed by atoms with Crippen LogP contribution in [0.4, 0.5) is 0 Å². The highest BCUT2D eigenvalue weighted by atomic mass is 16.5. The normalized spacial score (nSPS) is 10.7. The maximum atomic E-state index is 11.6. The number of aryl methyl sites for hydroxylation is 1. The molecule has 0 atom stereocenters. The molecule has 0 aliphatic heterocycles. The van der Waals surface area contributed by atoms with E-state index in [-0.39, 0.29) is 0 Å². The minimum Gasteiger partial charge on any atom is -0.461 e. The van der Waals surface area contributed by atoms with Crippen LogP contribution in [0.2, 0.25) is 0 Å². The summed E-state index contributed by atoms with van der Waals surface area (Å²) in [7, 11) is 0. The minimum atomic E-state index is -0.415. The van der Waals surface area contributed by atoms with E-state index < -0.39 is 5.97 Å². The highest BCUT2D eigenvalue weighted by Gasteiger charge is 2.13. The van der Waals surface area contributed by atoms with E-state index in [4.69, 9.17) is 4.74 Å². The Hall–Kier alpha value is -2.89. The van der Waals surface area contributed by atoms with Gasteiger partial charge in [0.2, 0.25) is 0 Å². The summed E-state index contributed by atoms with van der Waals surface area (Å²) in [6, 6.07) is 11.9. The zero-order valence-corrected chi connectivity index (χ0v) is 13.1. The van der Waals surface area contributed by atoms with Gasteiger partial charge in [-0.1, -0.05) is 29.8 Å². The largest absolute Gasteiger partial charge is 0.461 e. The number of benzene rings is 1. The smallest absolute Gasteiger partial charge is 0.356 e. The Morgan fingerprint density at radius 3 is 2.70 bits per heavy atom. The first-order chi connectivity index (χ1) is 11.2. The van der Waals surface area contributed by atoms with Crippen LogP contribution in [0.25, 0.3) is 11.4 Å². The van der Waals surface area contributed by atoms with Gasteiger partial charge in [0.1, 0.15) is 17.1 Å². The average Bonchev–Trinajstić information content (AvgIpc) is 3.16. The fourth-order valence-corrected chi connectivity index (χ4v) is 2.39. The van der Waals surface area contributed by atoms with Crippen molar-refractivity contribution in [1.29, 1.82) is 0 Å². The van der Waals surface area contributed by atoms with Gasteiger partial charge in [0.05, 0.1) is 6.61 Å². The van der Waals surface area contributed by atoms with Crippen molar-refractivity contribution in [2.24, 2.45) is 0 Å². The molecule has 3 aromatic rings. The van der Waals surface area contributed by atoms with E-state index in [1.165, 1.54) is 11.1 Å². The zero-order chi connectivity index (χ0) is 16.2. The SMILES string of the molecule is CCOC(=O)c1cc(-c2cc(Cc3cccc(C)c3)[nH]n2)n[nH]1. The molecule has 23 heavy (non-hydrogen) atoms. The first kappa shape index (κ1) is 15.0. The van der Waals surface area contributed by atoms with Crippen LogP contribution in [-0.2, 0) is 11.2 Å². The van der Waals surface area contributed by atoms with Crippen LogP contribution in [0.3, 0.4) is 0 Å². The number of esters is 1. The first-order valence-electron chi connectivity index (χ1n) is 7.48. The van der Waals surface area contributed by atoms with Crippen LogP contribution in [0.5, 0.6) is 0 Å². The second kappa shape index (κ2) is 6.48. The summed E-state index contributed by atoms with van der Waals surface area (Å²) in [5.41, 5.74) is 5.07. The molecule has 3 rings (SSSR count). The van der Waals surface area contributed by atoms with E-state index in [9.17, 15) is 4.79 Å². The Balaban J connectivity index is 1.75. The summed E-state index contributed by atoms with van der Waals surface area (Å²) in [6.07, 6.45) is 0.768. The summed E-state index contributed by atoms with van der Waals surface area (Å²) in [6.45, 7) is 4.17. The van der Waals surface area contributed by atoms with E-state index in [2.05, 4.69) is 45.5 Å². The molecule has 0 radical (unpaired) electrons. The molecule has 6 nitrogen and oxygen atoms in total. The van der Waals surface area contributed by atoms with Gasteiger partial charge < -0.3 is 4.74 Å². The van der Waals surface area contributed by atoms with Crippen LogP contribution in [0, 0.1) is 6.92 Å². The lowest BCUT2D eigenvalue weighted by atomic mass is 10.1. The number of nitrogens with one attached hydrogen (secondary N) is 2. The quantitative estimate of drug-likeness (QED) is 0.710. The minimum absolute atomic E-state index is 0.324. The van der Waals surface area contributed by atoms with Crippen molar-refractivity contribution in [3.63, 3.8) is 0 Å². The second-order valence-corrected chi connectivity index (χ2v) is 5.33. The van der Waals surface area contributed by atoms with Gasteiger partial charge in [0.25, 0.3) is 0 Å². The summed E-state index contributed by atoms with van der Waals surface area (Å²) >= 11 is 0. The van der Waals surface area contributed by atoms with Crippen LogP contribution < -0.4 is 0 Å². The predicted molar refractivity (Wildman–Crippen MR) is 86.1 cm³/mol. The van der Waals surface area contributed by atoms with Gasteiger partial charge in [-0.15, -0.1) is 0 Å².